The Hall–Kier alpha value is -2.50. The molecule has 25 heavy (non-hydrogen) atoms. The number of methoxy groups -OCH3 is 1. The number of H-pyrrole nitrogens is 1. The molecule has 0 aliphatic heterocycles. The van der Waals surface area contributed by atoms with Crippen LogP contribution in [0.5, 0.6) is 0 Å². The molecule has 6 nitrogen and oxygen atoms in total. The number of aryl methyl sites for hydroxylation is 1. The Morgan fingerprint density at radius 1 is 1.24 bits per heavy atom. The molecule has 0 spiro atoms. The number of carbonyl (C=O) groups is 2. The molecule has 1 amide bonds. The van der Waals surface area contributed by atoms with E-state index in [1.165, 1.54) is 12.7 Å². The number of fused-ring (bicyclic) bond motifs is 1. The number of esters is 1. The van der Waals surface area contributed by atoms with Crippen molar-refractivity contribution in [2.45, 2.75) is 52.2 Å². The molecule has 0 saturated heterocycles. The van der Waals surface area contributed by atoms with Crippen LogP contribution in [0.3, 0.4) is 0 Å². The Morgan fingerprint density at radius 3 is 2.56 bits per heavy atom. The molecular formula is C19H26N2O4. The summed E-state index contributed by atoms with van der Waals surface area (Å²) >= 11 is 0. The van der Waals surface area contributed by atoms with Gasteiger partial charge in [-0.25, -0.2) is 9.59 Å². The van der Waals surface area contributed by atoms with Gasteiger partial charge in [-0.2, -0.15) is 0 Å². The van der Waals surface area contributed by atoms with Crippen LogP contribution in [0.4, 0.5) is 4.79 Å². The van der Waals surface area contributed by atoms with E-state index < -0.39 is 23.7 Å². The first-order valence-corrected chi connectivity index (χ1v) is 8.40. The molecule has 1 atom stereocenters. The van der Waals surface area contributed by atoms with Gasteiger partial charge in [0, 0.05) is 23.5 Å². The van der Waals surface area contributed by atoms with E-state index in [1.54, 1.807) is 20.8 Å². The van der Waals surface area contributed by atoms with Crippen molar-refractivity contribution in [1.29, 1.82) is 0 Å². The number of hydrogen-bond acceptors (Lipinski definition) is 4. The van der Waals surface area contributed by atoms with Crippen molar-refractivity contribution in [1.82, 2.24) is 10.3 Å². The minimum absolute atomic E-state index is 0.319. The fraction of sp³-hybridized carbons (Fsp3) is 0.474. The van der Waals surface area contributed by atoms with E-state index in [1.807, 2.05) is 18.3 Å². The number of rotatable bonds is 5. The van der Waals surface area contributed by atoms with Crippen molar-refractivity contribution in [3.8, 4) is 0 Å². The SMILES string of the molecule is CCc1cccc2c(C[C@H](NC(=O)OC(C)(C)C)C(=O)OC)c[nH]c12. The summed E-state index contributed by atoms with van der Waals surface area (Å²) in [7, 11) is 1.30. The Morgan fingerprint density at radius 2 is 1.96 bits per heavy atom. The van der Waals surface area contributed by atoms with E-state index in [4.69, 9.17) is 9.47 Å². The summed E-state index contributed by atoms with van der Waals surface area (Å²) < 4.78 is 10.1. The normalized spacial score (nSPS) is 12.7. The quantitative estimate of drug-likeness (QED) is 0.814. The zero-order valence-electron chi connectivity index (χ0n) is 15.4. The van der Waals surface area contributed by atoms with Crippen LogP contribution in [-0.4, -0.2) is 35.8 Å². The average molecular weight is 346 g/mol. The number of carbonyl (C=O) groups excluding carboxylic acids is 2. The van der Waals surface area contributed by atoms with Gasteiger partial charge in [0.2, 0.25) is 0 Å². The lowest BCUT2D eigenvalue weighted by Crippen LogP contribution is -2.45. The molecule has 6 heteroatoms. The number of alkyl carbamates (subject to hydrolysis) is 1. The van der Waals surface area contributed by atoms with Gasteiger partial charge in [0.25, 0.3) is 0 Å². The number of nitrogens with one attached hydrogen (secondary N) is 2. The molecule has 0 aliphatic rings. The molecule has 0 saturated carbocycles. The highest BCUT2D eigenvalue weighted by Crippen LogP contribution is 2.23. The Labute approximate surface area is 147 Å². The van der Waals surface area contributed by atoms with Gasteiger partial charge in [-0.3, -0.25) is 0 Å². The minimum Gasteiger partial charge on any atom is -0.467 e. The predicted octanol–water partition coefficient (Wildman–Crippen LogP) is 3.34. The average Bonchev–Trinajstić information content (AvgIpc) is 2.94. The number of aromatic nitrogens is 1. The third-order valence-electron chi connectivity index (χ3n) is 3.87. The van der Waals surface area contributed by atoms with Gasteiger partial charge in [-0.15, -0.1) is 0 Å². The van der Waals surface area contributed by atoms with Crippen molar-refractivity contribution < 1.29 is 19.1 Å². The van der Waals surface area contributed by atoms with Crippen molar-refractivity contribution >= 4 is 23.0 Å². The highest BCUT2D eigenvalue weighted by atomic mass is 16.6. The molecule has 0 unspecified atom stereocenters. The van der Waals surface area contributed by atoms with Crippen LogP contribution in [-0.2, 0) is 27.1 Å². The van der Waals surface area contributed by atoms with Crippen molar-refractivity contribution in [3.63, 3.8) is 0 Å². The van der Waals surface area contributed by atoms with Crippen LogP contribution in [0.25, 0.3) is 10.9 Å². The number of amides is 1. The maximum atomic E-state index is 12.1. The van der Waals surface area contributed by atoms with Gasteiger partial charge < -0.3 is 19.8 Å². The van der Waals surface area contributed by atoms with E-state index in [0.717, 1.165) is 22.9 Å². The van der Waals surface area contributed by atoms with E-state index in [2.05, 4.69) is 23.3 Å². The fourth-order valence-electron chi connectivity index (χ4n) is 2.74. The monoisotopic (exact) mass is 346 g/mol. The van der Waals surface area contributed by atoms with Gasteiger partial charge >= 0.3 is 12.1 Å². The van der Waals surface area contributed by atoms with Crippen LogP contribution >= 0.6 is 0 Å². The minimum atomic E-state index is -0.816. The summed E-state index contributed by atoms with van der Waals surface area (Å²) in [5.74, 6) is -0.508. The van der Waals surface area contributed by atoms with Gasteiger partial charge in [-0.1, -0.05) is 25.1 Å². The van der Waals surface area contributed by atoms with Crippen LogP contribution in [0.2, 0.25) is 0 Å². The van der Waals surface area contributed by atoms with Gasteiger partial charge in [0.1, 0.15) is 11.6 Å². The number of ether oxygens (including phenoxy) is 2. The summed E-state index contributed by atoms with van der Waals surface area (Å²) in [4.78, 5) is 27.4. The first-order valence-electron chi connectivity index (χ1n) is 8.40. The lowest BCUT2D eigenvalue weighted by molar-refractivity contribution is -0.143. The number of hydrogen-bond donors (Lipinski definition) is 2. The third-order valence-corrected chi connectivity index (χ3v) is 3.87. The molecule has 2 rings (SSSR count). The number of aromatic amines is 1. The Kier molecular flexibility index (Phi) is 5.72. The van der Waals surface area contributed by atoms with Crippen molar-refractivity contribution in [2.24, 2.45) is 0 Å². The second kappa shape index (κ2) is 7.59. The Balaban J connectivity index is 2.23. The highest BCUT2D eigenvalue weighted by Gasteiger charge is 2.26. The highest BCUT2D eigenvalue weighted by molar-refractivity contribution is 5.88. The summed E-state index contributed by atoms with van der Waals surface area (Å²) in [6.45, 7) is 7.40. The lowest BCUT2D eigenvalue weighted by atomic mass is 10.0. The molecule has 136 valence electrons. The topological polar surface area (TPSA) is 80.4 Å². The second-order valence-corrected chi connectivity index (χ2v) is 6.93. The van der Waals surface area contributed by atoms with Gasteiger partial charge in [-0.05, 0) is 38.3 Å². The standard InChI is InChI=1S/C19H26N2O4/c1-6-12-8-7-9-14-13(11-20-16(12)14)10-15(17(22)24-5)21-18(23)25-19(2,3)4/h7-9,11,15,20H,6,10H2,1-5H3,(H,21,23)/t15-/m0/s1. The number of para-hydroxylation sites is 1. The molecular weight excluding hydrogens is 320 g/mol. The summed E-state index contributed by atoms with van der Waals surface area (Å²) in [6, 6.07) is 5.25. The lowest BCUT2D eigenvalue weighted by Gasteiger charge is -2.22. The van der Waals surface area contributed by atoms with Crippen LogP contribution < -0.4 is 5.32 Å². The predicted molar refractivity (Wildman–Crippen MR) is 96.6 cm³/mol. The van der Waals surface area contributed by atoms with E-state index in [0.29, 0.717) is 6.42 Å². The molecule has 0 aliphatic carbocycles. The van der Waals surface area contributed by atoms with Crippen LogP contribution in [0.15, 0.2) is 24.4 Å². The van der Waals surface area contributed by atoms with Gasteiger partial charge in [0.05, 0.1) is 7.11 Å². The maximum absolute atomic E-state index is 12.1. The summed E-state index contributed by atoms with van der Waals surface area (Å²) in [5.41, 5.74) is 2.57. The smallest absolute Gasteiger partial charge is 0.408 e. The largest absolute Gasteiger partial charge is 0.467 e. The molecule has 0 fully saturated rings. The first-order chi connectivity index (χ1) is 11.7. The molecule has 0 bridgehead atoms. The van der Waals surface area contributed by atoms with Gasteiger partial charge in [0.15, 0.2) is 0 Å². The molecule has 1 heterocycles. The van der Waals surface area contributed by atoms with Crippen LogP contribution in [0.1, 0.15) is 38.8 Å². The summed E-state index contributed by atoms with van der Waals surface area (Å²) in [6.07, 6.45) is 2.46. The Bertz CT molecular complexity index is 758. The van der Waals surface area contributed by atoms with E-state index in [9.17, 15) is 9.59 Å². The number of benzene rings is 1. The molecule has 0 radical (unpaired) electrons. The molecule has 1 aromatic carbocycles. The van der Waals surface area contributed by atoms with Crippen molar-refractivity contribution in [3.05, 3.63) is 35.5 Å². The van der Waals surface area contributed by atoms with E-state index in [-0.39, 0.29) is 0 Å². The fourth-order valence-corrected chi connectivity index (χ4v) is 2.74. The summed E-state index contributed by atoms with van der Waals surface area (Å²) in [5, 5.41) is 3.65. The maximum Gasteiger partial charge on any atom is 0.408 e. The molecule has 2 N–H and O–H groups in total. The molecule has 2 aromatic rings. The third kappa shape index (κ3) is 4.75. The zero-order valence-corrected chi connectivity index (χ0v) is 15.4. The first kappa shape index (κ1) is 18.8. The van der Waals surface area contributed by atoms with E-state index >= 15 is 0 Å². The van der Waals surface area contributed by atoms with Crippen molar-refractivity contribution in [2.75, 3.05) is 7.11 Å². The second-order valence-electron chi connectivity index (χ2n) is 6.93. The zero-order chi connectivity index (χ0) is 18.6. The van der Waals surface area contributed by atoms with Crippen LogP contribution in [0, 0.1) is 0 Å². The molecule has 1 aromatic heterocycles.